The Morgan fingerprint density at radius 2 is 1.79 bits per heavy atom. The molecule has 2 aromatic carbocycles. The van der Waals surface area contributed by atoms with Gasteiger partial charge in [0.1, 0.15) is 17.3 Å². The maximum atomic E-state index is 6.06. The molecule has 2 rings (SSSR count). The van der Waals surface area contributed by atoms with Gasteiger partial charge in [0.2, 0.25) is 0 Å². The molecule has 2 N–H and O–H groups in total. The number of hydrogen-bond donors (Lipinski definition) is 1. The topological polar surface area (TPSA) is 35.2 Å². The summed E-state index contributed by atoms with van der Waals surface area (Å²) in [6.45, 7) is 0.444. The fraction of sp³-hybridized carbons (Fsp3) is 0.0714. The van der Waals surface area contributed by atoms with Crippen LogP contribution in [0.2, 0.25) is 10.0 Å². The van der Waals surface area contributed by atoms with Crippen LogP contribution in [0.3, 0.4) is 0 Å². The molecule has 2 aromatic rings. The van der Waals surface area contributed by atoms with E-state index >= 15 is 0 Å². The van der Waals surface area contributed by atoms with E-state index in [4.69, 9.17) is 45.9 Å². The number of thiocarbonyl (C=S) groups is 1. The molecule has 0 amide bonds. The minimum absolute atomic E-state index is 0.272. The van der Waals surface area contributed by atoms with Crippen LogP contribution in [-0.2, 0) is 6.61 Å². The van der Waals surface area contributed by atoms with Gasteiger partial charge < -0.3 is 10.5 Å². The monoisotopic (exact) mass is 311 g/mol. The van der Waals surface area contributed by atoms with Crippen molar-refractivity contribution < 1.29 is 4.74 Å². The molecule has 98 valence electrons. The van der Waals surface area contributed by atoms with E-state index in [2.05, 4.69) is 0 Å². The predicted molar refractivity (Wildman–Crippen MR) is 83.1 cm³/mol. The van der Waals surface area contributed by atoms with Gasteiger partial charge in [-0.15, -0.1) is 0 Å². The lowest BCUT2D eigenvalue weighted by molar-refractivity contribution is 0.306. The van der Waals surface area contributed by atoms with E-state index in [-0.39, 0.29) is 4.99 Å². The molecular weight excluding hydrogens is 301 g/mol. The number of hydrogen-bond acceptors (Lipinski definition) is 2. The van der Waals surface area contributed by atoms with E-state index in [9.17, 15) is 0 Å². The normalized spacial score (nSPS) is 10.2. The molecule has 0 saturated heterocycles. The smallest absolute Gasteiger partial charge is 0.121 e. The van der Waals surface area contributed by atoms with Gasteiger partial charge in [0.25, 0.3) is 0 Å². The quantitative estimate of drug-likeness (QED) is 0.859. The predicted octanol–water partition coefficient (Wildman–Crippen LogP) is 4.21. The van der Waals surface area contributed by atoms with E-state index in [1.807, 2.05) is 24.3 Å². The SMILES string of the molecule is NC(=S)c1ccc(OCc2ccc(Cl)cc2)cc1Cl. The minimum atomic E-state index is 0.272. The van der Waals surface area contributed by atoms with Crippen molar-refractivity contribution in [3.63, 3.8) is 0 Å². The highest BCUT2D eigenvalue weighted by molar-refractivity contribution is 7.80. The van der Waals surface area contributed by atoms with E-state index < -0.39 is 0 Å². The molecule has 2 nitrogen and oxygen atoms in total. The van der Waals surface area contributed by atoms with Crippen molar-refractivity contribution in [3.8, 4) is 5.75 Å². The van der Waals surface area contributed by atoms with E-state index in [0.29, 0.717) is 28.0 Å². The Morgan fingerprint density at radius 3 is 2.37 bits per heavy atom. The summed E-state index contributed by atoms with van der Waals surface area (Å²) in [5.41, 5.74) is 7.21. The molecule has 0 atom stereocenters. The summed E-state index contributed by atoms with van der Waals surface area (Å²) in [6.07, 6.45) is 0. The molecule has 0 aliphatic heterocycles. The largest absolute Gasteiger partial charge is 0.489 e. The molecule has 19 heavy (non-hydrogen) atoms. The van der Waals surface area contributed by atoms with E-state index in [1.165, 1.54) is 0 Å². The Bertz CT molecular complexity index is 599. The lowest BCUT2D eigenvalue weighted by Crippen LogP contribution is -2.09. The first-order valence-electron chi connectivity index (χ1n) is 5.53. The third-order valence-corrected chi connectivity index (χ3v) is 3.31. The number of nitrogens with two attached hydrogens (primary N) is 1. The molecule has 0 aliphatic carbocycles. The molecule has 0 bridgehead atoms. The first-order chi connectivity index (χ1) is 9.06. The molecule has 0 aromatic heterocycles. The van der Waals surface area contributed by atoms with Crippen LogP contribution in [0.5, 0.6) is 5.75 Å². The van der Waals surface area contributed by atoms with Gasteiger partial charge in [-0.3, -0.25) is 0 Å². The Hall–Kier alpha value is -1.29. The van der Waals surface area contributed by atoms with Crippen LogP contribution in [0.1, 0.15) is 11.1 Å². The third-order valence-electron chi connectivity index (χ3n) is 2.52. The summed E-state index contributed by atoms with van der Waals surface area (Å²) in [4.78, 5) is 0.272. The molecule has 0 fully saturated rings. The Labute approximate surface area is 127 Å². The van der Waals surface area contributed by atoms with Crippen LogP contribution in [-0.4, -0.2) is 4.99 Å². The van der Waals surface area contributed by atoms with Crippen molar-refractivity contribution in [1.82, 2.24) is 0 Å². The zero-order chi connectivity index (χ0) is 13.8. The number of benzene rings is 2. The first-order valence-corrected chi connectivity index (χ1v) is 6.69. The molecule has 0 spiro atoms. The standard InChI is InChI=1S/C14H11Cl2NOS/c15-10-3-1-9(2-4-10)8-18-11-5-6-12(14(17)19)13(16)7-11/h1-7H,8H2,(H2,17,19). The molecule has 0 saturated carbocycles. The van der Waals surface area contributed by atoms with Gasteiger partial charge in [0, 0.05) is 10.6 Å². The lowest BCUT2D eigenvalue weighted by atomic mass is 10.2. The highest BCUT2D eigenvalue weighted by atomic mass is 35.5. The average molecular weight is 312 g/mol. The molecule has 0 aliphatic rings. The first kappa shape index (κ1) is 14.1. The number of ether oxygens (including phenoxy) is 1. The zero-order valence-corrected chi connectivity index (χ0v) is 12.2. The van der Waals surface area contributed by atoms with Gasteiger partial charge in [-0.05, 0) is 35.9 Å². The Kier molecular flexibility index (Phi) is 4.64. The Balaban J connectivity index is 2.06. The second kappa shape index (κ2) is 6.24. The maximum Gasteiger partial charge on any atom is 0.121 e. The zero-order valence-electron chi connectivity index (χ0n) is 9.90. The van der Waals surface area contributed by atoms with Gasteiger partial charge in [-0.25, -0.2) is 0 Å². The fourth-order valence-electron chi connectivity index (χ4n) is 1.53. The van der Waals surface area contributed by atoms with Crippen molar-refractivity contribution in [2.75, 3.05) is 0 Å². The van der Waals surface area contributed by atoms with Crippen molar-refractivity contribution in [1.29, 1.82) is 0 Å². The molecule has 0 heterocycles. The van der Waals surface area contributed by atoms with Gasteiger partial charge >= 0.3 is 0 Å². The average Bonchev–Trinajstić information content (AvgIpc) is 2.37. The van der Waals surface area contributed by atoms with Crippen LogP contribution in [0.25, 0.3) is 0 Å². The second-order valence-corrected chi connectivity index (χ2v) is 5.20. The number of rotatable bonds is 4. The lowest BCUT2D eigenvalue weighted by Gasteiger charge is -2.08. The Morgan fingerprint density at radius 1 is 1.11 bits per heavy atom. The molecular formula is C14H11Cl2NOS. The molecule has 0 unspecified atom stereocenters. The third kappa shape index (κ3) is 3.83. The van der Waals surface area contributed by atoms with Crippen molar-refractivity contribution in [3.05, 3.63) is 63.6 Å². The fourth-order valence-corrected chi connectivity index (χ4v) is 2.17. The minimum Gasteiger partial charge on any atom is -0.489 e. The summed E-state index contributed by atoms with van der Waals surface area (Å²) < 4.78 is 5.64. The van der Waals surface area contributed by atoms with Crippen molar-refractivity contribution >= 4 is 40.4 Å². The van der Waals surface area contributed by atoms with E-state index in [0.717, 1.165) is 5.56 Å². The van der Waals surface area contributed by atoms with Gasteiger partial charge in [0.05, 0.1) is 5.02 Å². The van der Waals surface area contributed by atoms with Crippen LogP contribution < -0.4 is 10.5 Å². The van der Waals surface area contributed by atoms with Crippen molar-refractivity contribution in [2.24, 2.45) is 5.73 Å². The highest BCUT2D eigenvalue weighted by Gasteiger charge is 2.05. The summed E-state index contributed by atoms with van der Waals surface area (Å²) in [5.74, 6) is 0.667. The van der Waals surface area contributed by atoms with Gasteiger partial charge in [-0.1, -0.05) is 47.6 Å². The van der Waals surface area contributed by atoms with E-state index in [1.54, 1.807) is 18.2 Å². The second-order valence-electron chi connectivity index (χ2n) is 3.92. The van der Waals surface area contributed by atoms with Crippen molar-refractivity contribution in [2.45, 2.75) is 6.61 Å². The summed E-state index contributed by atoms with van der Waals surface area (Å²) in [7, 11) is 0. The summed E-state index contributed by atoms with van der Waals surface area (Å²) in [5, 5.41) is 1.19. The molecule has 5 heteroatoms. The summed E-state index contributed by atoms with van der Waals surface area (Å²) >= 11 is 16.8. The maximum absolute atomic E-state index is 6.06. The number of halogens is 2. The van der Waals surface area contributed by atoms with Crippen LogP contribution in [0, 0.1) is 0 Å². The van der Waals surface area contributed by atoms with Gasteiger partial charge in [0.15, 0.2) is 0 Å². The summed E-state index contributed by atoms with van der Waals surface area (Å²) in [6, 6.07) is 12.7. The van der Waals surface area contributed by atoms with Crippen LogP contribution in [0.15, 0.2) is 42.5 Å². The molecule has 0 radical (unpaired) electrons. The van der Waals surface area contributed by atoms with Crippen LogP contribution >= 0.6 is 35.4 Å². The van der Waals surface area contributed by atoms with Crippen LogP contribution in [0.4, 0.5) is 0 Å². The highest BCUT2D eigenvalue weighted by Crippen LogP contribution is 2.23. The van der Waals surface area contributed by atoms with Gasteiger partial charge in [-0.2, -0.15) is 0 Å².